The molecule has 0 heterocycles. The third-order valence-corrected chi connectivity index (χ3v) is 5.19. The van der Waals surface area contributed by atoms with E-state index < -0.39 is 0 Å². The van der Waals surface area contributed by atoms with Crippen molar-refractivity contribution in [2.75, 3.05) is 0 Å². The van der Waals surface area contributed by atoms with Gasteiger partial charge in [-0.2, -0.15) is 0 Å². The molecule has 0 aliphatic heterocycles. The van der Waals surface area contributed by atoms with Crippen molar-refractivity contribution in [3.63, 3.8) is 0 Å². The lowest BCUT2D eigenvalue weighted by molar-refractivity contribution is 0.880. The Kier molecular flexibility index (Phi) is 3.23. The van der Waals surface area contributed by atoms with Crippen LogP contribution in [0.25, 0.3) is 10.8 Å². The van der Waals surface area contributed by atoms with Crippen LogP contribution in [0.15, 0.2) is 54.6 Å². The first-order chi connectivity index (χ1) is 10.2. The SMILES string of the molecule is NC(c1ccc(I)cc1)c1ccc2c3c(cccc13)CC2. The second-order valence-electron chi connectivity index (χ2n) is 5.68. The molecule has 0 radical (unpaired) electrons. The molecule has 2 N–H and O–H groups in total. The molecule has 2 heteroatoms. The predicted octanol–water partition coefficient (Wildman–Crippen LogP) is 4.59. The van der Waals surface area contributed by atoms with E-state index in [0.29, 0.717) is 0 Å². The minimum Gasteiger partial charge on any atom is -0.320 e. The summed E-state index contributed by atoms with van der Waals surface area (Å²) in [5, 5.41) is 2.77. The topological polar surface area (TPSA) is 26.0 Å². The van der Waals surface area contributed by atoms with Gasteiger partial charge in [0.05, 0.1) is 6.04 Å². The van der Waals surface area contributed by atoms with E-state index in [4.69, 9.17) is 5.73 Å². The van der Waals surface area contributed by atoms with Crippen LogP contribution in [0.1, 0.15) is 28.3 Å². The van der Waals surface area contributed by atoms with E-state index in [1.165, 1.54) is 36.6 Å². The van der Waals surface area contributed by atoms with E-state index in [0.717, 1.165) is 12.8 Å². The molecule has 0 saturated heterocycles. The fourth-order valence-electron chi connectivity index (χ4n) is 3.39. The van der Waals surface area contributed by atoms with Gasteiger partial charge in [-0.3, -0.25) is 0 Å². The largest absolute Gasteiger partial charge is 0.320 e. The van der Waals surface area contributed by atoms with Gasteiger partial charge in [-0.15, -0.1) is 0 Å². The van der Waals surface area contributed by atoms with Crippen molar-refractivity contribution in [3.05, 3.63) is 80.4 Å². The highest BCUT2D eigenvalue weighted by molar-refractivity contribution is 14.1. The van der Waals surface area contributed by atoms with Gasteiger partial charge in [0, 0.05) is 3.57 Å². The highest BCUT2D eigenvalue weighted by Gasteiger charge is 2.19. The average Bonchev–Trinajstić information content (AvgIpc) is 2.93. The first kappa shape index (κ1) is 13.3. The summed E-state index contributed by atoms with van der Waals surface area (Å²) in [4.78, 5) is 0. The molecule has 0 spiro atoms. The van der Waals surface area contributed by atoms with Crippen LogP contribution in [0.3, 0.4) is 0 Å². The van der Waals surface area contributed by atoms with Crippen LogP contribution >= 0.6 is 22.6 Å². The van der Waals surface area contributed by atoms with E-state index in [1.807, 2.05) is 0 Å². The Bertz CT molecular complexity index is 811. The summed E-state index contributed by atoms with van der Waals surface area (Å²) < 4.78 is 1.24. The second-order valence-corrected chi connectivity index (χ2v) is 6.93. The van der Waals surface area contributed by atoms with Crippen molar-refractivity contribution < 1.29 is 0 Å². The molecule has 0 aromatic heterocycles. The molecule has 1 nitrogen and oxygen atoms in total. The van der Waals surface area contributed by atoms with E-state index in [2.05, 4.69) is 77.2 Å². The van der Waals surface area contributed by atoms with Crippen LogP contribution in [0.4, 0.5) is 0 Å². The Hall–Kier alpha value is -1.39. The van der Waals surface area contributed by atoms with Gasteiger partial charge in [0.25, 0.3) is 0 Å². The maximum atomic E-state index is 6.55. The molecule has 104 valence electrons. The molecule has 1 atom stereocenters. The molecule has 21 heavy (non-hydrogen) atoms. The third kappa shape index (κ3) is 2.17. The van der Waals surface area contributed by atoms with Crippen LogP contribution in [0, 0.1) is 3.57 Å². The molecule has 3 aromatic carbocycles. The zero-order valence-electron chi connectivity index (χ0n) is 11.6. The first-order valence-corrected chi connectivity index (χ1v) is 8.36. The number of aryl methyl sites for hydroxylation is 2. The van der Waals surface area contributed by atoms with Gasteiger partial charge in [0.1, 0.15) is 0 Å². The Labute approximate surface area is 138 Å². The molecule has 1 aliphatic rings. The quantitative estimate of drug-likeness (QED) is 0.642. The van der Waals surface area contributed by atoms with Crippen LogP contribution in [0.2, 0.25) is 0 Å². The highest BCUT2D eigenvalue weighted by atomic mass is 127. The Morgan fingerprint density at radius 3 is 2.33 bits per heavy atom. The van der Waals surface area contributed by atoms with Gasteiger partial charge >= 0.3 is 0 Å². The van der Waals surface area contributed by atoms with Crippen LogP contribution in [0.5, 0.6) is 0 Å². The maximum Gasteiger partial charge on any atom is 0.0557 e. The fraction of sp³-hybridized carbons (Fsp3) is 0.158. The number of hydrogen-bond donors (Lipinski definition) is 1. The number of hydrogen-bond acceptors (Lipinski definition) is 1. The van der Waals surface area contributed by atoms with Gasteiger partial charge in [-0.1, -0.05) is 42.5 Å². The Balaban J connectivity index is 1.89. The number of nitrogens with two attached hydrogens (primary N) is 1. The summed E-state index contributed by atoms with van der Waals surface area (Å²) in [5.41, 5.74) is 11.9. The maximum absolute atomic E-state index is 6.55. The Morgan fingerprint density at radius 2 is 1.57 bits per heavy atom. The molecule has 0 saturated carbocycles. The summed E-state index contributed by atoms with van der Waals surface area (Å²) in [6.07, 6.45) is 2.32. The van der Waals surface area contributed by atoms with Gasteiger partial charge in [-0.05, 0) is 80.6 Å². The lowest BCUT2D eigenvalue weighted by Gasteiger charge is -2.16. The second kappa shape index (κ2) is 5.11. The highest BCUT2D eigenvalue weighted by Crippen LogP contribution is 2.35. The monoisotopic (exact) mass is 385 g/mol. The van der Waals surface area contributed by atoms with Crippen LogP contribution in [-0.2, 0) is 12.8 Å². The number of rotatable bonds is 2. The minimum absolute atomic E-state index is 0.0631. The lowest BCUT2D eigenvalue weighted by atomic mass is 9.92. The molecule has 1 aliphatic carbocycles. The van der Waals surface area contributed by atoms with E-state index >= 15 is 0 Å². The van der Waals surface area contributed by atoms with Gasteiger partial charge in [-0.25, -0.2) is 0 Å². The normalized spacial score (nSPS) is 14.6. The minimum atomic E-state index is -0.0631. The van der Waals surface area contributed by atoms with Gasteiger partial charge in [0.15, 0.2) is 0 Å². The van der Waals surface area contributed by atoms with Crippen molar-refractivity contribution in [2.45, 2.75) is 18.9 Å². The fourth-order valence-corrected chi connectivity index (χ4v) is 3.75. The van der Waals surface area contributed by atoms with Crippen LogP contribution in [-0.4, -0.2) is 0 Å². The van der Waals surface area contributed by atoms with Crippen LogP contribution < -0.4 is 5.73 Å². The number of benzene rings is 3. The summed E-state index contributed by atoms with van der Waals surface area (Å²) in [7, 11) is 0. The number of halogens is 1. The summed E-state index contributed by atoms with van der Waals surface area (Å²) >= 11 is 2.32. The summed E-state index contributed by atoms with van der Waals surface area (Å²) in [5.74, 6) is 0. The van der Waals surface area contributed by atoms with Crippen molar-refractivity contribution >= 4 is 33.4 Å². The zero-order chi connectivity index (χ0) is 14.4. The van der Waals surface area contributed by atoms with Crippen molar-refractivity contribution in [2.24, 2.45) is 5.73 Å². The Morgan fingerprint density at radius 1 is 0.857 bits per heavy atom. The molecule has 1 unspecified atom stereocenters. The smallest absolute Gasteiger partial charge is 0.0557 e. The molecule has 0 bridgehead atoms. The molecular formula is C19H16IN. The van der Waals surface area contributed by atoms with E-state index in [-0.39, 0.29) is 6.04 Å². The third-order valence-electron chi connectivity index (χ3n) is 4.47. The zero-order valence-corrected chi connectivity index (χ0v) is 13.8. The lowest BCUT2D eigenvalue weighted by Crippen LogP contribution is -2.12. The van der Waals surface area contributed by atoms with Crippen molar-refractivity contribution in [1.29, 1.82) is 0 Å². The van der Waals surface area contributed by atoms with Crippen molar-refractivity contribution in [3.8, 4) is 0 Å². The average molecular weight is 385 g/mol. The molecule has 4 rings (SSSR count). The molecule has 3 aromatic rings. The molecule has 0 amide bonds. The standard InChI is InChI=1S/C19H16IN/c20-15-9-6-14(7-10-15)19(21)17-11-8-13-5-4-12-2-1-3-16(17)18(12)13/h1-3,6-11,19H,4-5,21H2. The van der Waals surface area contributed by atoms with Crippen molar-refractivity contribution in [1.82, 2.24) is 0 Å². The first-order valence-electron chi connectivity index (χ1n) is 7.28. The van der Waals surface area contributed by atoms with E-state index in [9.17, 15) is 0 Å². The van der Waals surface area contributed by atoms with Gasteiger partial charge in [0.2, 0.25) is 0 Å². The molecular weight excluding hydrogens is 369 g/mol. The summed E-state index contributed by atoms with van der Waals surface area (Å²) in [6.45, 7) is 0. The predicted molar refractivity (Wildman–Crippen MR) is 96.5 cm³/mol. The summed E-state index contributed by atoms with van der Waals surface area (Å²) in [6, 6.07) is 19.6. The molecule has 0 fully saturated rings. The van der Waals surface area contributed by atoms with Gasteiger partial charge < -0.3 is 5.73 Å². The van der Waals surface area contributed by atoms with E-state index in [1.54, 1.807) is 0 Å².